The summed E-state index contributed by atoms with van der Waals surface area (Å²) in [7, 11) is 1.79. The van der Waals surface area contributed by atoms with Crippen LogP contribution in [0.15, 0.2) is 84.9 Å². The molecule has 0 unspecified atom stereocenters. The van der Waals surface area contributed by atoms with E-state index < -0.39 is 0 Å². The van der Waals surface area contributed by atoms with Crippen LogP contribution in [0.25, 0.3) is 16.8 Å². The van der Waals surface area contributed by atoms with Gasteiger partial charge in [0.15, 0.2) is 0 Å². The van der Waals surface area contributed by atoms with E-state index in [0.717, 1.165) is 28.1 Å². The Bertz CT molecular complexity index is 1260. The molecule has 6 nitrogen and oxygen atoms in total. The second kappa shape index (κ2) is 9.53. The maximum atomic E-state index is 12.9. The fourth-order valence-corrected chi connectivity index (χ4v) is 3.84. The van der Waals surface area contributed by atoms with E-state index in [0.29, 0.717) is 17.9 Å². The molecule has 166 valence electrons. The number of anilines is 1. The highest BCUT2D eigenvalue weighted by Crippen LogP contribution is 2.33. The molecule has 2 amide bonds. The molecule has 0 spiro atoms. The number of carbonyl (C=O) groups excluding carboxylic acids is 2. The monoisotopic (exact) mass is 438 g/mol. The molecule has 0 aliphatic rings. The number of aromatic nitrogens is 2. The lowest BCUT2D eigenvalue weighted by molar-refractivity contribution is -0.114. The molecule has 6 heteroatoms. The molecule has 1 aromatic heterocycles. The molecule has 0 bridgehead atoms. The van der Waals surface area contributed by atoms with Gasteiger partial charge in [0, 0.05) is 31.6 Å². The molecule has 4 rings (SSSR count). The Balaban J connectivity index is 1.63. The zero-order chi connectivity index (χ0) is 23.4. The van der Waals surface area contributed by atoms with Gasteiger partial charge >= 0.3 is 0 Å². The molecule has 33 heavy (non-hydrogen) atoms. The molecule has 0 aliphatic heterocycles. The van der Waals surface area contributed by atoms with Crippen molar-refractivity contribution < 1.29 is 9.59 Å². The Labute approximate surface area is 193 Å². The fraction of sp³-hybridized carbons (Fsp3) is 0.148. The summed E-state index contributed by atoms with van der Waals surface area (Å²) in [6.07, 6.45) is 0. The number of nitrogens with zero attached hydrogens (tertiary/aromatic N) is 3. The number of nitrogens with one attached hydrogen (secondary N) is 1. The smallest absolute Gasteiger partial charge is 0.253 e. The number of hydrogen-bond acceptors (Lipinski definition) is 3. The Morgan fingerprint density at radius 3 is 2.12 bits per heavy atom. The van der Waals surface area contributed by atoms with Gasteiger partial charge in [0.05, 0.1) is 11.4 Å². The van der Waals surface area contributed by atoms with E-state index in [2.05, 4.69) is 10.4 Å². The minimum atomic E-state index is -0.178. The highest BCUT2D eigenvalue weighted by molar-refractivity contribution is 5.95. The van der Waals surface area contributed by atoms with Gasteiger partial charge in [-0.1, -0.05) is 60.7 Å². The molecular formula is C27H26N4O2. The van der Waals surface area contributed by atoms with Gasteiger partial charge in [-0.05, 0) is 42.3 Å². The summed E-state index contributed by atoms with van der Waals surface area (Å²) >= 11 is 0. The molecule has 0 atom stereocenters. The van der Waals surface area contributed by atoms with Crippen LogP contribution in [0.4, 0.5) is 5.82 Å². The summed E-state index contributed by atoms with van der Waals surface area (Å²) in [4.78, 5) is 26.5. The maximum absolute atomic E-state index is 12.9. The van der Waals surface area contributed by atoms with Crippen LogP contribution < -0.4 is 5.32 Å². The third-order valence-corrected chi connectivity index (χ3v) is 5.39. The quantitative estimate of drug-likeness (QED) is 0.457. The van der Waals surface area contributed by atoms with Crippen LogP contribution in [0, 0.1) is 6.92 Å². The van der Waals surface area contributed by atoms with Crippen molar-refractivity contribution in [2.75, 3.05) is 12.4 Å². The number of hydrogen-bond donors (Lipinski definition) is 1. The lowest BCUT2D eigenvalue weighted by atomic mass is 10.1. The predicted molar refractivity (Wildman–Crippen MR) is 130 cm³/mol. The van der Waals surface area contributed by atoms with E-state index in [9.17, 15) is 9.59 Å². The Kier molecular flexibility index (Phi) is 6.36. The van der Waals surface area contributed by atoms with E-state index in [1.54, 1.807) is 28.8 Å². The molecule has 0 saturated carbocycles. The van der Waals surface area contributed by atoms with Crippen molar-refractivity contribution in [3.8, 4) is 16.8 Å². The van der Waals surface area contributed by atoms with Crippen molar-refractivity contribution >= 4 is 17.6 Å². The zero-order valence-corrected chi connectivity index (χ0v) is 18.9. The average Bonchev–Trinajstić information content (AvgIpc) is 3.14. The summed E-state index contributed by atoms with van der Waals surface area (Å²) in [6, 6.07) is 27.0. The number of rotatable bonds is 6. The van der Waals surface area contributed by atoms with Gasteiger partial charge in [-0.2, -0.15) is 5.10 Å². The Hall–Kier alpha value is -4.19. The summed E-state index contributed by atoms with van der Waals surface area (Å²) in [5.74, 6) is 0.364. The van der Waals surface area contributed by atoms with Gasteiger partial charge in [0.2, 0.25) is 5.91 Å². The molecule has 0 radical (unpaired) electrons. The standard InChI is InChI=1S/C27H26N4O2/c1-19-25(22-12-8-5-9-13-22)26(28-20(2)32)31(29-19)24-16-14-23(15-17-24)27(33)30(3)18-21-10-6-4-7-11-21/h4-17H,18H2,1-3H3,(H,28,32). The van der Waals surface area contributed by atoms with Crippen molar-refractivity contribution in [1.82, 2.24) is 14.7 Å². The molecule has 1 heterocycles. The molecule has 0 aliphatic carbocycles. The summed E-state index contributed by atoms with van der Waals surface area (Å²) in [5, 5.41) is 7.61. The van der Waals surface area contributed by atoms with Gasteiger partial charge in [-0.15, -0.1) is 0 Å². The fourth-order valence-electron chi connectivity index (χ4n) is 3.84. The third kappa shape index (κ3) is 4.85. The van der Waals surface area contributed by atoms with E-state index in [4.69, 9.17) is 0 Å². The van der Waals surface area contributed by atoms with Gasteiger partial charge in [0.25, 0.3) is 5.91 Å². The van der Waals surface area contributed by atoms with Crippen LogP contribution in [0.1, 0.15) is 28.5 Å². The number of aryl methyl sites for hydroxylation is 1. The van der Waals surface area contributed by atoms with Crippen LogP contribution in [-0.2, 0) is 11.3 Å². The molecule has 0 saturated heterocycles. The van der Waals surface area contributed by atoms with Crippen LogP contribution in [0.5, 0.6) is 0 Å². The molecular weight excluding hydrogens is 412 g/mol. The predicted octanol–water partition coefficient (Wildman–Crippen LogP) is 5.08. The summed E-state index contributed by atoms with van der Waals surface area (Å²) in [6.45, 7) is 3.93. The average molecular weight is 439 g/mol. The first-order valence-corrected chi connectivity index (χ1v) is 10.8. The van der Waals surface area contributed by atoms with Crippen LogP contribution >= 0.6 is 0 Å². The zero-order valence-electron chi connectivity index (χ0n) is 18.9. The van der Waals surface area contributed by atoms with Crippen molar-refractivity contribution in [3.05, 3.63) is 102 Å². The summed E-state index contributed by atoms with van der Waals surface area (Å²) < 4.78 is 1.71. The van der Waals surface area contributed by atoms with Crippen molar-refractivity contribution in [3.63, 3.8) is 0 Å². The summed E-state index contributed by atoms with van der Waals surface area (Å²) in [5.41, 5.74) is 5.06. The Morgan fingerprint density at radius 2 is 1.52 bits per heavy atom. The number of amides is 2. The maximum Gasteiger partial charge on any atom is 0.253 e. The first kappa shape index (κ1) is 22.0. The van der Waals surface area contributed by atoms with Crippen molar-refractivity contribution in [2.45, 2.75) is 20.4 Å². The van der Waals surface area contributed by atoms with Gasteiger partial charge in [-0.3, -0.25) is 9.59 Å². The normalized spacial score (nSPS) is 10.6. The third-order valence-electron chi connectivity index (χ3n) is 5.39. The van der Waals surface area contributed by atoms with E-state index >= 15 is 0 Å². The van der Waals surface area contributed by atoms with E-state index in [1.165, 1.54) is 6.92 Å². The van der Waals surface area contributed by atoms with Crippen molar-refractivity contribution in [2.24, 2.45) is 0 Å². The molecule has 4 aromatic rings. The van der Waals surface area contributed by atoms with Crippen molar-refractivity contribution in [1.29, 1.82) is 0 Å². The topological polar surface area (TPSA) is 67.2 Å². The second-order valence-electron chi connectivity index (χ2n) is 7.96. The first-order valence-electron chi connectivity index (χ1n) is 10.8. The van der Waals surface area contributed by atoms with Crippen LogP contribution in [-0.4, -0.2) is 33.5 Å². The molecule has 1 N–H and O–H groups in total. The highest BCUT2D eigenvalue weighted by Gasteiger charge is 2.19. The molecule has 3 aromatic carbocycles. The molecule has 0 fully saturated rings. The lowest BCUT2D eigenvalue weighted by Crippen LogP contribution is -2.26. The first-order chi connectivity index (χ1) is 15.9. The van der Waals surface area contributed by atoms with Gasteiger partial charge < -0.3 is 10.2 Å². The van der Waals surface area contributed by atoms with E-state index in [1.807, 2.05) is 79.7 Å². The van der Waals surface area contributed by atoms with Crippen LogP contribution in [0.2, 0.25) is 0 Å². The second-order valence-corrected chi connectivity index (χ2v) is 7.96. The van der Waals surface area contributed by atoms with Gasteiger partial charge in [-0.25, -0.2) is 4.68 Å². The number of benzene rings is 3. The van der Waals surface area contributed by atoms with Crippen LogP contribution in [0.3, 0.4) is 0 Å². The lowest BCUT2D eigenvalue weighted by Gasteiger charge is -2.17. The largest absolute Gasteiger partial charge is 0.337 e. The minimum Gasteiger partial charge on any atom is -0.337 e. The van der Waals surface area contributed by atoms with Gasteiger partial charge in [0.1, 0.15) is 5.82 Å². The minimum absolute atomic E-state index is 0.0610. The highest BCUT2D eigenvalue weighted by atomic mass is 16.2. The number of carbonyl (C=O) groups is 2. The SMILES string of the molecule is CC(=O)Nc1c(-c2ccccc2)c(C)nn1-c1ccc(C(=O)N(C)Cc2ccccc2)cc1. The Morgan fingerprint density at radius 1 is 0.909 bits per heavy atom. The van der Waals surface area contributed by atoms with E-state index in [-0.39, 0.29) is 11.8 Å².